The first-order chi connectivity index (χ1) is 8.95. The maximum absolute atomic E-state index is 9.67. The molecular formula is C13H20ClN3O2. The number of nitrogens with zero attached hydrogens (tertiary/aromatic N) is 1. The molecule has 0 radical (unpaired) electrons. The van der Waals surface area contributed by atoms with Crippen LogP contribution < -0.4 is 11.1 Å². The number of benzene rings is 1. The highest BCUT2D eigenvalue weighted by Crippen LogP contribution is 2.17. The first-order valence-corrected chi connectivity index (χ1v) is 6.48. The molecule has 1 aromatic carbocycles. The maximum atomic E-state index is 9.67. The lowest BCUT2D eigenvalue weighted by Crippen LogP contribution is -2.30. The fourth-order valence-electron chi connectivity index (χ4n) is 1.50. The average Bonchev–Trinajstić information content (AvgIpc) is 2.39. The number of nitrogens with one attached hydrogen (secondary N) is 1. The third-order valence-electron chi connectivity index (χ3n) is 2.90. The lowest BCUT2D eigenvalue weighted by atomic mass is 10.1. The van der Waals surface area contributed by atoms with Gasteiger partial charge in [0.15, 0.2) is 5.84 Å². The Balaban J connectivity index is 2.61. The molecule has 0 aromatic heterocycles. The van der Waals surface area contributed by atoms with Gasteiger partial charge in [0.25, 0.3) is 0 Å². The summed E-state index contributed by atoms with van der Waals surface area (Å²) in [6, 6.07) is 5.19. The summed E-state index contributed by atoms with van der Waals surface area (Å²) in [5, 5.41) is 24.8. The van der Waals surface area contributed by atoms with E-state index in [4.69, 9.17) is 22.5 Å². The monoisotopic (exact) mass is 285 g/mol. The van der Waals surface area contributed by atoms with E-state index in [0.29, 0.717) is 23.7 Å². The van der Waals surface area contributed by atoms with Gasteiger partial charge in [0.2, 0.25) is 0 Å². The Morgan fingerprint density at radius 2 is 2.16 bits per heavy atom. The minimum atomic E-state index is -0.379. The number of oxime groups is 1. The van der Waals surface area contributed by atoms with Crippen LogP contribution in [0.2, 0.25) is 5.02 Å². The van der Waals surface area contributed by atoms with Gasteiger partial charge in [-0.15, -0.1) is 0 Å². The highest BCUT2D eigenvalue weighted by molar-refractivity contribution is 6.31. The van der Waals surface area contributed by atoms with E-state index >= 15 is 0 Å². The van der Waals surface area contributed by atoms with Gasteiger partial charge in [-0.05, 0) is 17.5 Å². The summed E-state index contributed by atoms with van der Waals surface area (Å²) < 4.78 is 0. The summed E-state index contributed by atoms with van der Waals surface area (Å²) in [5.74, 6) is 0.238. The van der Waals surface area contributed by atoms with E-state index in [1.807, 2.05) is 19.9 Å². The summed E-state index contributed by atoms with van der Waals surface area (Å²) in [6.45, 7) is 4.99. The summed E-state index contributed by atoms with van der Waals surface area (Å²) in [6.07, 6.45) is -0.379. The smallest absolute Gasteiger partial charge is 0.170 e. The van der Waals surface area contributed by atoms with Crippen LogP contribution in [0.15, 0.2) is 23.4 Å². The van der Waals surface area contributed by atoms with Crippen LogP contribution >= 0.6 is 11.6 Å². The van der Waals surface area contributed by atoms with Gasteiger partial charge in [0.05, 0.1) is 6.10 Å². The molecule has 19 heavy (non-hydrogen) atoms. The molecule has 0 saturated carbocycles. The van der Waals surface area contributed by atoms with Crippen molar-refractivity contribution < 1.29 is 10.3 Å². The number of aliphatic hydroxyl groups excluding tert-OH is 1. The van der Waals surface area contributed by atoms with E-state index in [0.717, 1.165) is 5.56 Å². The fourth-order valence-corrected chi connectivity index (χ4v) is 1.75. The summed E-state index contributed by atoms with van der Waals surface area (Å²) in [5.41, 5.74) is 6.94. The highest BCUT2D eigenvalue weighted by atomic mass is 35.5. The van der Waals surface area contributed by atoms with Crippen molar-refractivity contribution in [1.82, 2.24) is 5.32 Å². The largest absolute Gasteiger partial charge is 0.409 e. The van der Waals surface area contributed by atoms with Crippen molar-refractivity contribution in [2.45, 2.75) is 26.5 Å². The van der Waals surface area contributed by atoms with E-state index in [1.165, 1.54) is 0 Å². The first kappa shape index (κ1) is 15.8. The Morgan fingerprint density at radius 1 is 1.47 bits per heavy atom. The second-order valence-electron chi connectivity index (χ2n) is 4.73. The lowest BCUT2D eigenvalue weighted by molar-refractivity contribution is 0.123. The van der Waals surface area contributed by atoms with Gasteiger partial charge < -0.3 is 21.4 Å². The zero-order valence-corrected chi connectivity index (χ0v) is 11.9. The van der Waals surface area contributed by atoms with Crippen LogP contribution in [-0.4, -0.2) is 28.8 Å². The second kappa shape index (κ2) is 7.33. The van der Waals surface area contributed by atoms with Gasteiger partial charge in [-0.1, -0.05) is 42.7 Å². The van der Waals surface area contributed by atoms with Gasteiger partial charge in [-0.2, -0.15) is 0 Å². The Hall–Kier alpha value is -1.30. The SMILES string of the molecule is CC(C)C(O)CNCc1ccc(/C(N)=N/O)cc1Cl. The molecule has 0 spiro atoms. The molecule has 106 valence electrons. The van der Waals surface area contributed by atoms with Gasteiger partial charge in [0, 0.05) is 23.7 Å². The Kier molecular flexibility index (Phi) is 6.08. The molecule has 5 N–H and O–H groups in total. The number of hydrogen-bond acceptors (Lipinski definition) is 4. The van der Waals surface area contributed by atoms with Gasteiger partial charge in [-0.3, -0.25) is 0 Å². The van der Waals surface area contributed by atoms with E-state index < -0.39 is 0 Å². The number of rotatable bonds is 6. The molecule has 1 atom stereocenters. The van der Waals surface area contributed by atoms with Gasteiger partial charge in [0.1, 0.15) is 0 Å². The van der Waals surface area contributed by atoms with Crippen molar-refractivity contribution in [3.05, 3.63) is 34.3 Å². The molecule has 0 fully saturated rings. The zero-order chi connectivity index (χ0) is 14.4. The number of amidine groups is 1. The number of aliphatic hydroxyl groups is 1. The van der Waals surface area contributed by atoms with Crippen LogP contribution in [0.25, 0.3) is 0 Å². The fraction of sp³-hybridized carbons (Fsp3) is 0.462. The third-order valence-corrected chi connectivity index (χ3v) is 3.25. The Morgan fingerprint density at radius 3 is 2.68 bits per heavy atom. The molecule has 1 aromatic rings. The summed E-state index contributed by atoms with van der Waals surface area (Å²) in [4.78, 5) is 0. The van der Waals surface area contributed by atoms with Crippen LogP contribution in [-0.2, 0) is 6.54 Å². The number of nitrogens with two attached hydrogens (primary N) is 1. The van der Waals surface area contributed by atoms with Gasteiger partial charge in [-0.25, -0.2) is 0 Å². The average molecular weight is 286 g/mol. The van der Waals surface area contributed by atoms with Crippen LogP contribution in [0.3, 0.4) is 0 Å². The van der Waals surface area contributed by atoms with Crippen molar-refractivity contribution in [2.24, 2.45) is 16.8 Å². The molecule has 0 aliphatic carbocycles. The lowest BCUT2D eigenvalue weighted by Gasteiger charge is -2.15. The zero-order valence-electron chi connectivity index (χ0n) is 11.1. The molecule has 0 saturated heterocycles. The van der Waals surface area contributed by atoms with Crippen LogP contribution in [0.4, 0.5) is 0 Å². The van der Waals surface area contributed by atoms with Crippen LogP contribution in [0, 0.1) is 5.92 Å². The molecule has 1 rings (SSSR count). The standard InChI is InChI=1S/C13H20ClN3O2/c1-8(2)12(18)7-16-6-10-4-3-9(5-11(10)14)13(15)17-19/h3-5,8,12,16,18-19H,6-7H2,1-2H3,(H2,15,17). The summed E-state index contributed by atoms with van der Waals surface area (Å²) >= 11 is 6.11. The van der Waals surface area contributed by atoms with Gasteiger partial charge >= 0.3 is 0 Å². The maximum Gasteiger partial charge on any atom is 0.170 e. The molecule has 5 nitrogen and oxygen atoms in total. The Bertz CT molecular complexity index is 450. The first-order valence-electron chi connectivity index (χ1n) is 6.10. The molecule has 0 amide bonds. The van der Waals surface area contributed by atoms with Crippen molar-refractivity contribution in [1.29, 1.82) is 0 Å². The highest BCUT2D eigenvalue weighted by Gasteiger charge is 2.09. The second-order valence-corrected chi connectivity index (χ2v) is 5.14. The molecule has 0 bridgehead atoms. The van der Waals surface area contributed by atoms with E-state index in [2.05, 4.69) is 10.5 Å². The minimum Gasteiger partial charge on any atom is -0.409 e. The van der Waals surface area contributed by atoms with Crippen molar-refractivity contribution >= 4 is 17.4 Å². The molecule has 0 heterocycles. The van der Waals surface area contributed by atoms with E-state index in [1.54, 1.807) is 12.1 Å². The quantitative estimate of drug-likeness (QED) is 0.276. The minimum absolute atomic E-state index is 0.0247. The normalized spacial score (nSPS) is 13.8. The Labute approximate surface area is 118 Å². The molecule has 0 aliphatic rings. The number of hydrogen-bond donors (Lipinski definition) is 4. The predicted molar refractivity (Wildman–Crippen MR) is 76.5 cm³/mol. The molecule has 1 unspecified atom stereocenters. The van der Waals surface area contributed by atoms with Crippen LogP contribution in [0.5, 0.6) is 0 Å². The number of halogens is 1. The van der Waals surface area contributed by atoms with Crippen LogP contribution in [0.1, 0.15) is 25.0 Å². The predicted octanol–water partition coefficient (Wildman–Crippen LogP) is 1.54. The van der Waals surface area contributed by atoms with Crippen molar-refractivity contribution in [3.63, 3.8) is 0 Å². The molecule has 0 aliphatic heterocycles. The van der Waals surface area contributed by atoms with Crippen molar-refractivity contribution in [3.8, 4) is 0 Å². The topological polar surface area (TPSA) is 90.9 Å². The molecule has 6 heteroatoms. The van der Waals surface area contributed by atoms with Crippen molar-refractivity contribution in [2.75, 3.05) is 6.54 Å². The molecular weight excluding hydrogens is 266 g/mol. The summed E-state index contributed by atoms with van der Waals surface area (Å²) in [7, 11) is 0. The third kappa shape index (κ3) is 4.70. The van der Waals surface area contributed by atoms with E-state index in [-0.39, 0.29) is 17.9 Å². The van der Waals surface area contributed by atoms with E-state index in [9.17, 15) is 5.11 Å².